The van der Waals surface area contributed by atoms with Crippen LogP contribution in [-0.2, 0) is 6.42 Å². The van der Waals surface area contributed by atoms with E-state index in [1.807, 2.05) is 25.1 Å². The lowest BCUT2D eigenvalue weighted by Gasteiger charge is -2.13. The zero-order valence-electron chi connectivity index (χ0n) is 12.1. The number of rotatable bonds is 7. The lowest BCUT2D eigenvalue weighted by atomic mass is 10.1. The minimum Gasteiger partial charge on any atom is -0.313 e. The highest BCUT2D eigenvalue weighted by Crippen LogP contribution is 2.16. The molecule has 0 aliphatic carbocycles. The predicted octanol–water partition coefficient (Wildman–Crippen LogP) is 3.85. The van der Waals surface area contributed by atoms with E-state index >= 15 is 0 Å². The number of benzene rings is 1. The topological polar surface area (TPSA) is 29.1 Å². The Morgan fingerprint density at radius 3 is 2.60 bits per heavy atom. The summed E-state index contributed by atoms with van der Waals surface area (Å²) in [5.74, 6) is 0.238. The van der Waals surface area contributed by atoms with Crippen LogP contribution in [0.15, 0.2) is 42.5 Å². The van der Waals surface area contributed by atoms with Crippen LogP contribution in [0.25, 0.3) is 0 Å². The Labute approximate surface area is 124 Å². The van der Waals surface area contributed by atoms with Crippen LogP contribution in [0.1, 0.15) is 33.5 Å². The summed E-state index contributed by atoms with van der Waals surface area (Å²) >= 11 is 1.58. The standard InChI is InChI=1S/C17H21NOS/c1-13(12-15-6-4-3-5-7-15)18-11-10-16(19)17-9-8-14(2)20-17/h3-9,13,18H,10-12H2,1-2H3. The maximum atomic E-state index is 12.0. The zero-order valence-corrected chi connectivity index (χ0v) is 12.9. The van der Waals surface area contributed by atoms with E-state index in [0.717, 1.165) is 17.8 Å². The van der Waals surface area contributed by atoms with Gasteiger partial charge in [-0.05, 0) is 38.0 Å². The second-order valence-corrected chi connectivity index (χ2v) is 6.42. The number of thiophene rings is 1. The molecule has 0 amide bonds. The van der Waals surface area contributed by atoms with Crippen molar-refractivity contribution in [1.82, 2.24) is 5.32 Å². The predicted molar refractivity (Wildman–Crippen MR) is 85.6 cm³/mol. The average molecular weight is 287 g/mol. The second kappa shape index (κ2) is 7.36. The molecular weight excluding hydrogens is 266 g/mol. The van der Waals surface area contributed by atoms with Crippen LogP contribution in [0.2, 0.25) is 0 Å². The van der Waals surface area contributed by atoms with Crippen molar-refractivity contribution in [2.45, 2.75) is 32.7 Å². The normalized spacial score (nSPS) is 12.3. The molecule has 0 radical (unpaired) electrons. The third kappa shape index (κ3) is 4.58. The van der Waals surface area contributed by atoms with Crippen molar-refractivity contribution >= 4 is 17.1 Å². The molecule has 1 unspecified atom stereocenters. The molecule has 0 saturated heterocycles. The highest BCUT2D eigenvalue weighted by atomic mass is 32.1. The smallest absolute Gasteiger partial charge is 0.174 e. The Morgan fingerprint density at radius 2 is 1.95 bits per heavy atom. The van der Waals surface area contributed by atoms with E-state index in [2.05, 4.69) is 36.5 Å². The van der Waals surface area contributed by atoms with Crippen LogP contribution in [0.3, 0.4) is 0 Å². The van der Waals surface area contributed by atoms with E-state index in [0.29, 0.717) is 12.5 Å². The van der Waals surface area contributed by atoms with Crippen molar-refractivity contribution in [2.24, 2.45) is 0 Å². The van der Waals surface area contributed by atoms with Crippen LogP contribution < -0.4 is 5.32 Å². The van der Waals surface area contributed by atoms with Crippen molar-refractivity contribution in [3.8, 4) is 0 Å². The highest BCUT2D eigenvalue weighted by Gasteiger charge is 2.09. The van der Waals surface area contributed by atoms with Gasteiger partial charge in [0.05, 0.1) is 4.88 Å². The van der Waals surface area contributed by atoms with Crippen molar-refractivity contribution in [3.05, 3.63) is 57.8 Å². The van der Waals surface area contributed by atoms with Gasteiger partial charge >= 0.3 is 0 Å². The largest absolute Gasteiger partial charge is 0.313 e. The summed E-state index contributed by atoms with van der Waals surface area (Å²) in [4.78, 5) is 14.0. The number of hydrogen-bond donors (Lipinski definition) is 1. The quantitative estimate of drug-likeness (QED) is 0.784. The molecule has 0 bridgehead atoms. The van der Waals surface area contributed by atoms with Crippen molar-refractivity contribution in [1.29, 1.82) is 0 Å². The van der Waals surface area contributed by atoms with Gasteiger partial charge in [0.1, 0.15) is 0 Å². The van der Waals surface area contributed by atoms with E-state index < -0.39 is 0 Å². The first-order valence-electron chi connectivity index (χ1n) is 7.02. The maximum absolute atomic E-state index is 12.0. The van der Waals surface area contributed by atoms with Crippen LogP contribution in [0.4, 0.5) is 0 Å². The molecule has 1 atom stereocenters. The first-order chi connectivity index (χ1) is 9.65. The van der Waals surface area contributed by atoms with Gasteiger partial charge in [-0.2, -0.15) is 0 Å². The van der Waals surface area contributed by atoms with Crippen LogP contribution in [-0.4, -0.2) is 18.4 Å². The van der Waals surface area contributed by atoms with Crippen LogP contribution >= 0.6 is 11.3 Å². The van der Waals surface area contributed by atoms with E-state index in [9.17, 15) is 4.79 Å². The fourth-order valence-electron chi connectivity index (χ4n) is 2.18. The summed E-state index contributed by atoms with van der Waals surface area (Å²) in [5, 5.41) is 3.42. The van der Waals surface area contributed by atoms with Crippen LogP contribution in [0.5, 0.6) is 0 Å². The number of aryl methyl sites for hydroxylation is 1. The van der Waals surface area contributed by atoms with Gasteiger partial charge in [-0.3, -0.25) is 4.79 Å². The van der Waals surface area contributed by atoms with Gasteiger partial charge in [-0.15, -0.1) is 11.3 Å². The molecule has 2 rings (SSSR count). The molecule has 2 nitrogen and oxygen atoms in total. The minimum absolute atomic E-state index is 0.238. The summed E-state index contributed by atoms with van der Waals surface area (Å²) in [6, 6.07) is 14.7. The molecule has 1 N–H and O–H groups in total. The summed E-state index contributed by atoms with van der Waals surface area (Å²) < 4.78 is 0. The molecule has 0 fully saturated rings. The first-order valence-corrected chi connectivity index (χ1v) is 7.84. The number of Topliss-reactive ketones (excluding diaryl/α,β-unsaturated/α-hetero) is 1. The molecule has 20 heavy (non-hydrogen) atoms. The average Bonchev–Trinajstić information content (AvgIpc) is 2.86. The SMILES string of the molecule is Cc1ccc(C(=O)CCNC(C)Cc2ccccc2)s1. The fraction of sp³-hybridized carbons (Fsp3) is 0.353. The number of carbonyl (C=O) groups excluding carboxylic acids is 1. The number of carbonyl (C=O) groups is 1. The van der Waals surface area contributed by atoms with Gasteiger partial charge in [0.25, 0.3) is 0 Å². The molecule has 0 aliphatic heterocycles. The zero-order chi connectivity index (χ0) is 14.4. The van der Waals surface area contributed by atoms with Gasteiger partial charge in [0, 0.05) is 23.9 Å². The Balaban J connectivity index is 1.71. The Kier molecular flexibility index (Phi) is 5.50. The van der Waals surface area contributed by atoms with Crippen molar-refractivity contribution < 1.29 is 4.79 Å². The lowest BCUT2D eigenvalue weighted by Crippen LogP contribution is -2.30. The van der Waals surface area contributed by atoms with Gasteiger partial charge < -0.3 is 5.32 Å². The Bertz CT molecular complexity index is 547. The molecule has 3 heteroatoms. The highest BCUT2D eigenvalue weighted by molar-refractivity contribution is 7.14. The van der Waals surface area contributed by atoms with E-state index in [4.69, 9.17) is 0 Å². The monoisotopic (exact) mass is 287 g/mol. The molecule has 1 heterocycles. The van der Waals surface area contributed by atoms with E-state index in [-0.39, 0.29) is 5.78 Å². The minimum atomic E-state index is 0.238. The van der Waals surface area contributed by atoms with Crippen molar-refractivity contribution in [2.75, 3.05) is 6.54 Å². The fourth-order valence-corrected chi connectivity index (χ4v) is 3.01. The third-order valence-electron chi connectivity index (χ3n) is 3.24. The molecule has 0 aliphatic rings. The van der Waals surface area contributed by atoms with Gasteiger partial charge in [0.2, 0.25) is 0 Å². The number of nitrogens with one attached hydrogen (secondary N) is 1. The summed E-state index contributed by atoms with van der Waals surface area (Å²) in [7, 11) is 0. The molecular formula is C17H21NOS. The summed E-state index contributed by atoms with van der Waals surface area (Å²) in [5.41, 5.74) is 1.33. The van der Waals surface area contributed by atoms with Gasteiger partial charge in [-0.25, -0.2) is 0 Å². The van der Waals surface area contributed by atoms with E-state index in [1.165, 1.54) is 10.4 Å². The molecule has 0 spiro atoms. The Morgan fingerprint density at radius 1 is 1.20 bits per heavy atom. The molecule has 0 saturated carbocycles. The Hall–Kier alpha value is -1.45. The van der Waals surface area contributed by atoms with Crippen molar-refractivity contribution in [3.63, 3.8) is 0 Å². The molecule has 1 aromatic carbocycles. The maximum Gasteiger partial charge on any atom is 0.174 e. The summed E-state index contributed by atoms with van der Waals surface area (Å²) in [6.07, 6.45) is 1.56. The number of hydrogen-bond acceptors (Lipinski definition) is 3. The third-order valence-corrected chi connectivity index (χ3v) is 4.29. The van der Waals surface area contributed by atoms with Gasteiger partial charge in [0.15, 0.2) is 5.78 Å². The second-order valence-electron chi connectivity index (χ2n) is 5.13. The lowest BCUT2D eigenvalue weighted by molar-refractivity contribution is 0.0986. The van der Waals surface area contributed by atoms with E-state index in [1.54, 1.807) is 11.3 Å². The molecule has 2 aromatic rings. The molecule has 106 valence electrons. The summed E-state index contributed by atoms with van der Waals surface area (Å²) in [6.45, 7) is 4.93. The first kappa shape index (κ1) is 14.9. The van der Waals surface area contributed by atoms with Crippen LogP contribution in [0, 0.1) is 6.92 Å². The number of ketones is 1. The van der Waals surface area contributed by atoms with Gasteiger partial charge in [-0.1, -0.05) is 30.3 Å². The molecule has 1 aromatic heterocycles.